The number of nitrogens with zero attached hydrogens (tertiary/aromatic N) is 4. The van der Waals surface area contributed by atoms with Crippen LogP contribution in [0.4, 0.5) is 10.2 Å². The number of amidine groups is 1. The topological polar surface area (TPSA) is 41.4 Å². The molecular weight excluding hydrogens is 335 g/mol. The van der Waals surface area contributed by atoms with E-state index >= 15 is 0 Å². The predicted octanol–water partition coefficient (Wildman–Crippen LogP) is 4.62. The molecule has 0 saturated carbocycles. The van der Waals surface area contributed by atoms with Crippen LogP contribution in [0.1, 0.15) is 5.56 Å². The van der Waals surface area contributed by atoms with Crippen molar-refractivity contribution in [3.63, 3.8) is 0 Å². The number of benzene rings is 2. The van der Waals surface area contributed by atoms with E-state index in [4.69, 9.17) is 4.99 Å². The second-order valence-electron chi connectivity index (χ2n) is 5.81. The number of rotatable bonds is 2. The first-order valence-corrected chi connectivity index (χ1v) is 8.59. The number of halogens is 1. The predicted molar refractivity (Wildman–Crippen MR) is 101 cm³/mol. The average molecular weight is 350 g/mol. The van der Waals surface area contributed by atoms with Crippen LogP contribution in [-0.4, -0.2) is 34.8 Å². The normalized spacial score (nSPS) is 12.0. The Labute approximate surface area is 148 Å². The van der Waals surface area contributed by atoms with E-state index in [1.165, 1.54) is 18.5 Å². The van der Waals surface area contributed by atoms with Gasteiger partial charge in [0.1, 0.15) is 18.0 Å². The van der Waals surface area contributed by atoms with Gasteiger partial charge < -0.3 is 4.90 Å². The van der Waals surface area contributed by atoms with Crippen molar-refractivity contribution in [2.75, 3.05) is 14.1 Å². The highest BCUT2D eigenvalue weighted by Crippen LogP contribution is 2.36. The van der Waals surface area contributed by atoms with E-state index in [0.29, 0.717) is 5.82 Å². The molecule has 0 radical (unpaired) electrons. The summed E-state index contributed by atoms with van der Waals surface area (Å²) in [6, 6.07) is 14.5. The molecule has 0 bridgehead atoms. The Morgan fingerprint density at radius 3 is 2.56 bits per heavy atom. The van der Waals surface area contributed by atoms with Gasteiger partial charge in [-0.3, -0.25) is 0 Å². The zero-order valence-electron chi connectivity index (χ0n) is 13.8. The van der Waals surface area contributed by atoms with Gasteiger partial charge in [-0.2, -0.15) is 0 Å². The van der Waals surface area contributed by atoms with Crippen molar-refractivity contribution >= 4 is 43.3 Å². The molecule has 2 heterocycles. The highest BCUT2D eigenvalue weighted by molar-refractivity contribution is 7.26. The fourth-order valence-corrected chi connectivity index (χ4v) is 3.80. The van der Waals surface area contributed by atoms with Crippen molar-refractivity contribution in [3.05, 3.63) is 66.2 Å². The Morgan fingerprint density at radius 1 is 1.04 bits per heavy atom. The van der Waals surface area contributed by atoms with Gasteiger partial charge in [0.2, 0.25) is 0 Å². The lowest BCUT2D eigenvalue weighted by Crippen LogP contribution is -2.22. The van der Waals surface area contributed by atoms with Crippen molar-refractivity contribution in [1.29, 1.82) is 0 Å². The summed E-state index contributed by atoms with van der Waals surface area (Å²) in [6.45, 7) is 0. The number of hydrogen-bond acceptors (Lipinski definition) is 4. The Bertz CT molecular complexity index is 1080. The van der Waals surface area contributed by atoms with Crippen LogP contribution in [0, 0.1) is 5.82 Å². The quantitative estimate of drug-likeness (QED) is 0.391. The Hall–Kier alpha value is -2.86. The largest absolute Gasteiger partial charge is 0.362 e. The Morgan fingerprint density at radius 2 is 1.80 bits per heavy atom. The number of hydrogen-bond donors (Lipinski definition) is 0. The maximum absolute atomic E-state index is 13.2. The summed E-state index contributed by atoms with van der Waals surface area (Å²) in [6.07, 6.45) is 1.54. The molecule has 0 amide bonds. The van der Waals surface area contributed by atoms with Gasteiger partial charge in [0.15, 0.2) is 5.82 Å². The third-order valence-electron chi connectivity index (χ3n) is 3.88. The number of aromatic nitrogens is 2. The minimum absolute atomic E-state index is 0.268. The van der Waals surface area contributed by atoms with Crippen LogP contribution >= 0.6 is 11.3 Å². The molecule has 0 fully saturated rings. The molecule has 6 heteroatoms. The molecule has 25 heavy (non-hydrogen) atoms. The van der Waals surface area contributed by atoms with Gasteiger partial charge in [-0.25, -0.2) is 19.4 Å². The number of thiophene rings is 1. The monoisotopic (exact) mass is 350 g/mol. The zero-order chi connectivity index (χ0) is 17.4. The molecule has 0 aliphatic heterocycles. The van der Waals surface area contributed by atoms with Crippen LogP contribution in [0.25, 0.3) is 20.3 Å². The van der Waals surface area contributed by atoms with Crippen molar-refractivity contribution in [2.45, 2.75) is 0 Å². The molecular formula is C19H15FN4S. The standard InChI is InChI=1S/C19H15FN4S/c1-24(2)19(12-7-9-13(20)10-8-12)23-18-17-16(21-11-22-18)14-5-3-4-6-15(14)25-17/h3-11H,1-2H3. The zero-order valence-corrected chi connectivity index (χ0v) is 14.6. The SMILES string of the molecule is CN(C)C(=Nc1ncnc2c1sc1ccccc12)c1ccc(F)cc1. The molecule has 4 nitrogen and oxygen atoms in total. The van der Waals surface area contributed by atoms with Gasteiger partial charge in [0.05, 0.1) is 10.2 Å². The maximum atomic E-state index is 13.2. The van der Waals surface area contributed by atoms with Crippen LogP contribution in [0.2, 0.25) is 0 Å². The van der Waals surface area contributed by atoms with Crippen LogP contribution < -0.4 is 0 Å². The molecule has 2 aromatic carbocycles. The summed E-state index contributed by atoms with van der Waals surface area (Å²) in [5.74, 6) is 1.08. The van der Waals surface area contributed by atoms with Gasteiger partial charge >= 0.3 is 0 Å². The minimum atomic E-state index is -0.268. The molecule has 0 N–H and O–H groups in total. The summed E-state index contributed by atoms with van der Waals surface area (Å²) in [5, 5.41) is 1.11. The molecule has 0 aliphatic carbocycles. The smallest absolute Gasteiger partial charge is 0.175 e. The van der Waals surface area contributed by atoms with Crippen molar-refractivity contribution in [1.82, 2.24) is 14.9 Å². The fourth-order valence-electron chi connectivity index (χ4n) is 2.71. The third-order valence-corrected chi connectivity index (χ3v) is 5.03. The molecule has 0 spiro atoms. The maximum Gasteiger partial charge on any atom is 0.175 e. The summed E-state index contributed by atoms with van der Waals surface area (Å²) in [4.78, 5) is 15.5. The van der Waals surface area contributed by atoms with E-state index in [2.05, 4.69) is 22.1 Å². The summed E-state index contributed by atoms with van der Waals surface area (Å²) in [7, 11) is 3.82. The van der Waals surface area contributed by atoms with Gasteiger partial charge in [0, 0.05) is 29.7 Å². The van der Waals surface area contributed by atoms with Crippen LogP contribution in [0.5, 0.6) is 0 Å². The van der Waals surface area contributed by atoms with Crippen molar-refractivity contribution < 1.29 is 4.39 Å². The lowest BCUT2D eigenvalue weighted by Gasteiger charge is -2.16. The fraction of sp³-hybridized carbons (Fsp3) is 0.105. The molecule has 4 aromatic rings. The molecule has 0 aliphatic rings. The molecule has 2 aromatic heterocycles. The van der Waals surface area contributed by atoms with Crippen LogP contribution in [0.15, 0.2) is 59.9 Å². The van der Waals surface area contributed by atoms with Gasteiger partial charge in [-0.05, 0) is 30.3 Å². The van der Waals surface area contributed by atoms with E-state index in [1.54, 1.807) is 23.5 Å². The van der Waals surface area contributed by atoms with E-state index in [-0.39, 0.29) is 5.82 Å². The van der Waals surface area contributed by atoms with Crippen LogP contribution in [0.3, 0.4) is 0 Å². The van der Waals surface area contributed by atoms with Gasteiger partial charge in [-0.1, -0.05) is 18.2 Å². The molecule has 4 rings (SSSR count). The molecule has 0 atom stereocenters. The van der Waals surface area contributed by atoms with Gasteiger partial charge in [-0.15, -0.1) is 11.3 Å². The van der Waals surface area contributed by atoms with E-state index in [1.807, 2.05) is 31.1 Å². The highest BCUT2D eigenvalue weighted by Gasteiger charge is 2.13. The molecule has 0 saturated heterocycles. The lowest BCUT2D eigenvalue weighted by molar-refractivity contribution is 0.619. The lowest BCUT2D eigenvalue weighted by atomic mass is 10.2. The minimum Gasteiger partial charge on any atom is -0.362 e. The number of aliphatic imine (C=N–C) groups is 1. The second-order valence-corrected chi connectivity index (χ2v) is 6.86. The van der Waals surface area contributed by atoms with Crippen LogP contribution in [-0.2, 0) is 0 Å². The Kier molecular flexibility index (Phi) is 3.89. The Balaban J connectivity index is 1.92. The van der Waals surface area contributed by atoms with Crippen molar-refractivity contribution in [2.24, 2.45) is 4.99 Å². The highest BCUT2D eigenvalue weighted by atomic mass is 32.1. The first-order valence-electron chi connectivity index (χ1n) is 7.77. The molecule has 0 unspecified atom stereocenters. The summed E-state index contributed by atoms with van der Waals surface area (Å²) >= 11 is 1.63. The second kappa shape index (κ2) is 6.22. The number of fused-ring (bicyclic) bond motifs is 3. The van der Waals surface area contributed by atoms with Gasteiger partial charge in [0.25, 0.3) is 0 Å². The van der Waals surface area contributed by atoms with E-state index < -0.39 is 0 Å². The summed E-state index contributed by atoms with van der Waals surface area (Å²) < 4.78 is 15.3. The summed E-state index contributed by atoms with van der Waals surface area (Å²) in [5.41, 5.74) is 1.74. The average Bonchev–Trinajstić information content (AvgIpc) is 3.00. The van der Waals surface area contributed by atoms with Crippen molar-refractivity contribution in [3.8, 4) is 0 Å². The molecule has 124 valence electrons. The van der Waals surface area contributed by atoms with E-state index in [9.17, 15) is 4.39 Å². The van der Waals surface area contributed by atoms with E-state index in [0.717, 1.165) is 31.7 Å². The first-order chi connectivity index (χ1) is 12.1. The third kappa shape index (κ3) is 2.85. The first kappa shape index (κ1) is 15.7.